The molecular formula is C17H15ClN4O3S. The average molecular weight is 391 g/mol. The largest absolute Gasteiger partial charge is 0.326 e. The lowest BCUT2D eigenvalue weighted by Crippen LogP contribution is -2.18. The molecule has 0 radical (unpaired) electrons. The molecule has 7 nitrogen and oxygen atoms in total. The summed E-state index contributed by atoms with van der Waals surface area (Å²) < 4.78 is 25.2. The number of halogens is 1. The van der Waals surface area contributed by atoms with Crippen LogP contribution in [0.5, 0.6) is 0 Å². The molecule has 3 N–H and O–H groups in total. The zero-order valence-electron chi connectivity index (χ0n) is 13.5. The smallest absolute Gasteiger partial charge is 0.240 e. The Morgan fingerprint density at radius 2 is 1.96 bits per heavy atom. The summed E-state index contributed by atoms with van der Waals surface area (Å²) in [7, 11) is -4.02. The van der Waals surface area contributed by atoms with Gasteiger partial charge >= 0.3 is 0 Å². The van der Waals surface area contributed by atoms with Crippen molar-refractivity contribution in [3.63, 3.8) is 0 Å². The van der Waals surface area contributed by atoms with Crippen LogP contribution >= 0.6 is 11.6 Å². The van der Waals surface area contributed by atoms with E-state index < -0.39 is 10.0 Å². The van der Waals surface area contributed by atoms with E-state index in [1.165, 1.54) is 23.0 Å². The first-order chi connectivity index (χ1) is 12.3. The number of primary sulfonamides is 1. The van der Waals surface area contributed by atoms with Crippen molar-refractivity contribution in [1.29, 1.82) is 0 Å². The summed E-state index contributed by atoms with van der Waals surface area (Å²) in [6.45, 7) is 0. The highest BCUT2D eigenvalue weighted by molar-refractivity contribution is 7.89. The predicted molar refractivity (Wildman–Crippen MR) is 98.7 cm³/mol. The maximum Gasteiger partial charge on any atom is 0.240 e. The van der Waals surface area contributed by atoms with E-state index in [4.69, 9.17) is 16.7 Å². The number of carbonyl (C=O) groups is 1. The quantitative estimate of drug-likeness (QED) is 0.697. The number of nitrogens with zero attached hydrogens (tertiary/aromatic N) is 2. The Kier molecular flexibility index (Phi) is 5.08. The van der Waals surface area contributed by atoms with E-state index in [1.54, 1.807) is 42.6 Å². The van der Waals surface area contributed by atoms with E-state index in [9.17, 15) is 13.2 Å². The molecule has 3 aromatic rings. The van der Waals surface area contributed by atoms with E-state index in [0.717, 1.165) is 0 Å². The third-order valence-corrected chi connectivity index (χ3v) is 4.92. The molecule has 1 aromatic heterocycles. The number of anilines is 1. The molecule has 0 aliphatic rings. The lowest BCUT2D eigenvalue weighted by Gasteiger charge is -2.11. The van der Waals surface area contributed by atoms with E-state index in [2.05, 4.69) is 10.4 Å². The Hall–Kier alpha value is -2.68. The monoisotopic (exact) mass is 390 g/mol. The third-order valence-electron chi connectivity index (χ3n) is 3.61. The second-order valence-corrected chi connectivity index (χ2v) is 7.43. The van der Waals surface area contributed by atoms with Crippen LogP contribution in [-0.2, 0) is 21.2 Å². The van der Waals surface area contributed by atoms with Crippen LogP contribution in [0.1, 0.15) is 5.56 Å². The second-order valence-electron chi connectivity index (χ2n) is 5.49. The summed E-state index contributed by atoms with van der Waals surface area (Å²) in [5.41, 5.74) is 1.27. The molecule has 0 saturated carbocycles. The van der Waals surface area contributed by atoms with Gasteiger partial charge in [-0.1, -0.05) is 29.8 Å². The predicted octanol–water partition coefficient (Wildman–Crippen LogP) is 2.35. The molecule has 9 heteroatoms. The van der Waals surface area contributed by atoms with Gasteiger partial charge in [-0.3, -0.25) is 4.79 Å². The van der Waals surface area contributed by atoms with Gasteiger partial charge in [-0.2, -0.15) is 5.10 Å². The maximum atomic E-state index is 12.2. The van der Waals surface area contributed by atoms with Crippen molar-refractivity contribution in [3.05, 3.63) is 71.5 Å². The summed E-state index contributed by atoms with van der Waals surface area (Å²) in [6.07, 6.45) is 3.18. The number of hydrogen-bond acceptors (Lipinski definition) is 4. The first kappa shape index (κ1) is 18.1. The van der Waals surface area contributed by atoms with Gasteiger partial charge in [-0.25, -0.2) is 18.2 Å². The molecule has 2 aromatic carbocycles. The minimum atomic E-state index is -4.02. The van der Waals surface area contributed by atoms with Crippen molar-refractivity contribution in [3.8, 4) is 5.69 Å². The number of nitrogens with one attached hydrogen (secondary N) is 1. The van der Waals surface area contributed by atoms with Crippen LogP contribution in [0.4, 0.5) is 5.69 Å². The van der Waals surface area contributed by atoms with Crippen LogP contribution in [0, 0.1) is 0 Å². The molecule has 0 unspecified atom stereocenters. The lowest BCUT2D eigenvalue weighted by molar-refractivity contribution is -0.115. The van der Waals surface area contributed by atoms with Crippen LogP contribution in [0.3, 0.4) is 0 Å². The zero-order valence-corrected chi connectivity index (χ0v) is 15.0. The maximum absolute atomic E-state index is 12.2. The summed E-state index contributed by atoms with van der Waals surface area (Å²) in [5.74, 6) is -0.328. The van der Waals surface area contributed by atoms with Crippen molar-refractivity contribution < 1.29 is 13.2 Å². The number of amides is 1. The third kappa shape index (κ3) is 4.10. The van der Waals surface area contributed by atoms with Crippen LogP contribution in [0.2, 0.25) is 5.02 Å². The number of hydrogen-bond donors (Lipinski definition) is 2. The van der Waals surface area contributed by atoms with Gasteiger partial charge < -0.3 is 5.32 Å². The van der Waals surface area contributed by atoms with Crippen LogP contribution < -0.4 is 10.5 Å². The van der Waals surface area contributed by atoms with E-state index in [0.29, 0.717) is 22.0 Å². The van der Waals surface area contributed by atoms with Gasteiger partial charge in [0, 0.05) is 23.1 Å². The number of nitrogens with two attached hydrogens (primary N) is 1. The van der Waals surface area contributed by atoms with Gasteiger partial charge in [-0.15, -0.1) is 0 Å². The molecule has 0 fully saturated rings. The number of benzene rings is 2. The summed E-state index contributed by atoms with van der Waals surface area (Å²) >= 11 is 6.05. The number of rotatable bonds is 5. The van der Waals surface area contributed by atoms with Crippen molar-refractivity contribution in [2.75, 3.05) is 5.32 Å². The van der Waals surface area contributed by atoms with Crippen molar-refractivity contribution >= 4 is 33.2 Å². The van der Waals surface area contributed by atoms with Gasteiger partial charge in [0.2, 0.25) is 15.9 Å². The molecule has 26 heavy (non-hydrogen) atoms. The summed E-state index contributed by atoms with van der Waals surface area (Å²) in [4.78, 5) is 12.1. The van der Waals surface area contributed by atoms with E-state index >= 15 is 0 Å². The second kappa shape index (κ2) is 7.28. The molecule has 1 amide bonds. The minimum absolute atomic E-state index is 0.0608. The molecule has 134 valence electrons. The van der Waals surface area contributed by atoms with Gasteiger partial charge in [0.15, 0.2) is 0 Å². The van der Waals surface area contributed by atoms with E-state index in [1.807, 2.05) is 0 Å². The molecule has 3 rings (SSSR count). The Morgan fingerprint density at radius 3 is 2.62 bits per heavy atom. The molecular weight excluding hydrogens is 376 g/mol. The van der Waals surface area contributed by atoms with Crippen LogP contribution in [0.15, 0.2) is 65.8 Å². The molecule has 0 atom stereocenters. The van der Waals surface area contributed by atoms with Crippen molar-refractivity contribution in [2.24, 2.45) is 5.14 Å². The normalized spacial score (nSPS) is 11.3. The Balaban J connectivity index is 1.87. The molecule has 0 aliphatic heterocycles. The zero-order chi connectivity index (χ0) is 18.7. The van der Waals surface area contributed by atoms with Gasteiger partial charge in [0.1, 0.15) is 4.90 Å². The lowest BCUT2D eigenvalue weighted by atomic mass is 10.1. The standard InChI is InChI=1S/C17H15ClN4O3S/c18-14-5-2-1-4-12(14)10-17(23)21-13-6-7-15(22-9-3-8-20-22)16(11-13)26(19,24)25/h1-9,11H,10H2,(H,21,23)(H2,19,24,25). The fourth-order valence-corrected chi connectivity index (χ4v) is 3.39. The highest BCUT2D eigenvalue weighted by atomic mass is 35.5. The molecule has 0 aliphatic carbocycles. The number of aromatic nitrogens is 2. The molecule has 0 saturated heterocycles. The SMILES string of the molecule is NS(=O)(=O)c1cc(NC(=O)Cc2ccccc2Cl)ccc1-n1cccn1. The Morgan fingerprint density at radius 1 is 1.19 bits per heavy atom. The highest BCUT2D eigenvalue weighted by Gasteiger charge is 2.17. The number of carbonyl (C=O) groups excluding carboxylic acids is 1. The van der Waals surface area contributed by atoms with Gasteiger partial charge in [0.25, 0.3) is 0 Å². The van der Waals surface area contributed by atoms with E-state index in [-0.39, 0.29) is 17.2 Å². The topological polar surface area (TPSA) is 107 Å². The number of sulfonamides is 1. The van der Waals surface area contributed by atoms with Crippen LogP contribution in [-0.4, -0.2) is 24.1 Å². The molecule has 0 spiro atoms. The van der Waals surface area contributed by atoms with Gasteiger partial charge in [-0.05, 0) is 35.9 Å². The fraction of sp³-hybridized carbons (Fsp3) is 0.0588. The Bertz CT molecular complexity index is 1050. The summed E-state index contributed by atoms with van der Waals surface area (Å²) in [6, 6.07) is 13.1. The van der Waals surface area contributed by atoms with Gasteiger partial charge in [0.05, 0.1) is 12.1 Å². The Labute approximate surface area is 155 Å². The highest BCUT2D eigenvalue weighted by Crippen LogP contribution is 2.23. The minimum Gasteiger partial charge on any atom is -0.326 e. The molecule has 0 bridgehead atoms. The fourth-order valence-electron chi connectivity index (χ4n) is 2.44. The average Bonchev–Trinajstić information content (AvgIpc) is 3.10. The van der Waals surface area contributed by atoms with Crippen molar-refractivity contribution in [1.82, 2.24) is 9.78 Å². The first-order valence-electron chi connectivity index (χ1n) is 7.55. The summed E-state index contributed by atoms with van der Waals surface area (Å²) in [5, 5.41) is 12.5. The van der Waals surface area contributed by atoms with Crippen LogP contribution in [0.25, 0.3) is 5.69 Å². The van der Waals surface area contributed by atoms with Crippen molar-refractivity contribution in [2.45, 2.75) is 11.3 Å². The first-order valence-corrected chi connectivity index (χ1v) is 9.47. The molecule has 1 heterocycles.